The largest absolute Gasteiger partial charge is 0.508 e. The number of aromatic hydroxyl groups is 1. The molecule has 0 amide bonds. The van der Waals surface area contributed by atoms with Crippen LogP contribution in [-0.2, 0) is 6.61 Å². The van der Waals surface area contributed by atoms with Gasteiger partial charge in [-0.25, -0.2) is 0 Å². The van der Waals surface area contributed by atoms with Gasteiger partial charge < -0.3 is 14.3 Å². The van der Waals surface area contributed by atoms with Gasteiger partial charge in [0.1, 0.15) is 29.6 Å². The van der Waals surface area contributed by atoms with Gasteiger partial charge in [0.25, 0.3) is 0 Å². The average Bonchev–Trinajstić information content (AvgIpc) is 3.06. The normalized spacial score (nSPS) is 10.9. The molecule has 2 aromatic carbocycles. The number of carbonyl (C=O) groups is 1. The van der Waals surface area contributed by atoms with Crippen LogP contribution in [0.1, 0.15) is 21.9 Å². The van der Waals surface area contributed by atoms with E-state index in [4.69, 9.17) is 20.8 Å². The third kappa shape index (κ3) is 4.75. The molecule has 0 spiro atoms. The van der Waals surface area contributed by atoms with Gasteiger partial charge >= 0.3 is 0 Å². The maximum Gasteiger partial charge on any atom is 0.186 e. The lowest BCUT2D eigenvalue weighted by Crippen LogP contribution is -1.93. The summed E-state index contributed by atoms with van der Waals surface area (Å²) >= 11 is 5.90. The number of benzene rings is 2. The minimum atomic E-state index is -0.218. The van der Waals surface area contributed by atoms with Crippen molar-refractivity contribution in [2.75, 3.05) is 0 Å². The SMILES string of the molecule is O=C(/C=C/c1ccc(COc2cccc(Cl)c2)o1)c1cccc(O)c1. The van der Waals surface area contributed by atoms with Crippen molar-refractivity contribution in [1.82, 2.24) is 0 Å². The Kier molecular flexibility index (Phi) is 5.21. The summed E-state index contributed by atoms with van der Waals surface area (Å²) in [6, 6.07) is 16.8. The first kappa shape index (κ1) is 16.9. The molecule has 5 heteroatoms. The van der Waals surface area contributed by atoms with Gasteiger partial charge in [-0.15, -0.1) is 0 Å². The Hall–Kier alpha value is -2.98. The Balaban J connectivity index is 1.60. The van der Waals surface area contributed by atoms with E-state index in [1.54, 1.807) is 48.5 Å². The van der Waals surface area contributed by atoms with Crippen LogP contribution in [0.15, 0.2) is 71.2 Å². The van der Waals surface area contributed by atoms with Gasteiger partial charge in [0.15, 0.2) is 5.78 Å². The standard InChI is InChI=1S/C20H15ClO4/c21-15-4-2-6-18(12-15)24-13-19-8-7-17(25-19)9-10-20(23)14-3-1-5-16(22)11-14/h1-12,22H,13H2/b10-9+. The third-order valence-electron chi connectivity index (χ3n) is 3.39. The summed E-state index contributed by atoms with van der Waals surface area (Å²) in [6.45, 7) is 0.259. The number of hydrogen-bond acceptors (Lipinski definition) is 4. The van der Waals surface area contributed by atoms with Crippen LogP contribution in [0.5, 0.6) is 11.5 Å². The van der Waals surface area contributed by atoms with Crippen LogP contribution in [0.3, 0.4) is 0 Å². The van der Waals surface area contributed by atoms with Crippen molar-refractivity contribution in [1.29, 1.82) is 0 Å². The van der Waals surface area contributed by atoms with Gasteiger partial charge in [0, 0.05) is 10.6 Å². The molecule has 0 saturated carbocycles. The Labute approximate surface area is 149 Å². The van der Waals surface area contributed by atoms with Crippen molar-refractivity contribution < 1.29 is 19.1 Å². The number of rotatable bonds is 6. The van der Waals surface area contributed by atoms with Crippen LogP contribution in [-0.4, -0.2) is 10.9 Å². The summed E-state index contributed by atoms with van der Waals surface area (Å²) in [5.41, 5.74) is 0.410. The quantitative estimate of drug-likeness (QED) is 0.493. The summed E-state index contributed by atoms with van der Waals surface area (Å²) in [4.78, 5) is 12.0. The fourth-order valence-electron chi connectivity index (χ4n) is 2.19. The molecular formula is C20H15ClO4. The number of halogens is 1. The minimum absolute atomic E-state index is 0.0534. The van der Waals surface area contributed by atoms with Gasteiger partial charge in [0.2, 0.25) is 0 Å². The molecule has 0 atom stereocenters. The molecule has 1 aromatic heterocycles. The monoisotopic (exact) mass is 354 g/mol. The van der Waals surface area contributed by atoms with E-state index < -0.39 is 0 Å². The van der Waals surface area contributed by atoms with E-state index in [9.17, 15) is 9.90 Å². The number of phenolic OH excluding ortho intramolecular Hbond substituents is 1. The molecule has 3 rings (SSSR count). The molecule has 25 heavy (non-hydrogen) atoms. The second-order valence-electron chi connectivity index (χ2n) is 5.30. The summed E-state index contributed by atoms with van der Waals surface area (Å²) < 4.78 is 11.2. The number of allylic oxidation sites excluding steroid dienone is 1. The second kappa shape index (κ2) is 7.73. The van der Waals surface area contributed by atoms with Crippen molar-refractivity contribution in [3.63, 3.8) is 0 Å². The molecule has 4 nitrogen and oxygen atoms in total. The zero-order valence-electron chi connectivity index (χ0n) is 13.2. The van der Waals surface area contributed by atoms with Gasteiger partial charge in [-0.1, -0.05) is 29.8 Å². The Morgan fingerprint density at radius 2 is 1.96 bits per heavy atom. The number of ketones is 1. The zero-order valence-corrected chi connectivity index (χ0v) is 13.9. The minimum Gasteiger partial charge on any atom is -0.508 e. The summed E-state index contributed by atoms with van der Waals surface area (Å²) in [5, 5.41) is 10.0. The molecule has 0 saturated heterocycles. The molecule has 0 fully saturated rings. The molecular weight excluding hydrogens is 340 g/mol. The number of phenols is 1. The van der Waals surface area contributed by atoms with Crippen molar-refractivity contribution >= 4 is 23.5 Å². The van der Waals surface area contributed by atoms with E-state index in [0.717, 1.165) is 0 Å². The summed E-state index contributed by atoms with van der Waals surface area (Å²) in [5.74, 6) is 1.66. The van der Waals surface area contributed by atoms with Crippen LogP contribution >= 0.6 is 11.6 Å². The molecule has 0 aliphatic rings. The van der Waals surface area contributed by atoms with E-state index in [0.29, 0.717) is 27.9 Å². The lowest BCUT2D eigenvalue weighted by molar-refractivity contribution is 0.104. The van der Waals surface area contributed by atoms with Crippen LogP contribution in [0, 0.1) is 0 Å². The lowest BCUT2D eigenvalue weighted by Gasteiger charge is -2.03. The molecule has 1 heterocycles. The highest BCUT2D eigenvalue weighted by Crippen LogP contribution is 2.19. The molecule has 0 bridgehead atoms. The molecule has 0 aliphatic carbocycles. The maximum atomic E-state index is 12.0. The van der Waals surface area contributed by atoms with Gasteiger partial charge in [-0.2, -0.15) is 0 Å². The Bertz CT molecular complexity index is 911. The van der Waals surface area contributed by atoms with Crippen molar-refractivity contribution in [2.45, 2.75) is 6.61 Å². The number of ether oxygens (including phenoxy) is 1. The van der Waals surface area contributed by atoms with Crippen LogP contribution < -0.4 is 4.74 Å². The van der Waals surface area contributed by atoms with E-state index in [2.05, 4.69) is 0 Å². The molecule has 126 valence electrons. The highest BCUT2D eigenvalue weighted by Gasteiger charge is 2.05. The predicted octanol–water partition coefficient (Wildman–Crippen LogP) is 5.11. The first-order valence-corrected chi connectivity index (χ1v) is 7.96. The molecule has 0 radical (unpaired) electrons. The molecule has 0 aliphatic heterocycles. The number of furan rings is 1. The average molecular weight is 355 g/mol. The number of hydrogen-bond donors (Lipinski definition) is 1. The van der Waals surface area contributed by atoms with Gasteiger partial charge in [-0.05, 0) is 54.6 Å². The highest BCUT2D eigenvalue weighted by atomic mass is 35.5. The number of carbonyl (C=O) groups excluding carboxylic acids is 1. The molecule has 3 aromatic rings. The smallest absolute Gasteiger partial charge is 0.186 e. The Morgan fingerprint density at radius 3 is 2.76 bits per heavy atom. The fraction of sp³-hybridized carbons (Fsp3) is 0.0500. The summed E-state index contributed by atoms with van der Waals surface area (Å²) in [6.07, 6.45) is 2.98. The van der Waals surface area contributed by atoms with Crippen molar-refractivity contribution in [3.8, 4) is 11.5 Å². The van der Waals surface area contributed by atoms with Crippen molar-refractivity contribution in [2.24, 2.45) is 0 Å². The van der Waals surface area contributed by atoms with Crippen molar-refractivity contribution in [3.05, 3.63) is 88.8 Å². The highest BCUT2D eigenvalue weighted by molar-refractivity contribution is 6.30. The zero-order chi connectivity index (χ0) is 17.6. The van der Waals surface area contributed by atoms with Gasteiger partial charge in [-0.3, -0.25) is 4.79 Å². The predicted molar refractivity (Wildman–Crippen MR) is 96.0 cm³/mol. The van der Waals surface area contributed by atoms with E-state index in [1.807, 2.05) is 6.07 Å². The maximum absolute atomic E-state index is 12.0. The topological polar surface area (TPSA) is 59.7 Å². The van der Waals surface area contributed by atoms with E-state index in [-0.39, 0.29) is 18.1 Å². The lowest BCUT2D eigenvalue weighted by atomic mass is 10.1. The first-order valence-electron chi connectivity index (χ1n) is 7.59. The van der Waals surface area contributed by atoms with E-state index in [1.165, 1.54) is 18.2 Å². The van der Waals surface area contributed by atoms with Crippen LogP contribution in [0.2, 0.25) is 5.02 Å². The van der Waals surface area contributed by atoms with E-state index >= 15 is 0 Å². The van der Waals surface area contributed by atoms with Crippen LogP contribution in [0.4, 0.5) is 0 Å². The molecule has 0 unspecified atom stereocenters. The van der Waals surface area contributed by atoms with Gasteiger partial charge in [0.05, 0.1) is 0 Å². The fourth-order valence-corrected chi connectivity index (χ4v) is 2.37. The third-order valence-corrected chi connectivity index (χ3v) is 3.62. The Morgan fingerprint density at radius 1 is 1.12 bits per heavy atom. The summed E-state index contributed by atoms with van der Waals surface area (Å²) in [7, 11) is 0. The first-order chi connectivity index (χ1) is 12.1. The molecule has 1 N–H and O–H groups in total. The second-order valence-corrected chi connectivity index (χ2v) is 5.73. The van der Waals surface area contributed by atoms with Crippen LogP contribution in [0.25, 0.3) is 6.08 Å².